The van der Waals surface area contributed by atoms with Crippen molar-refractivity contribution in [3.05, 3.63) is 0 Å². The first-order chi connectivity index (χ1) is 8.38. The Hall–Kier alpha value is -1.83. The zero-order chi connectivity index (χ0) is 14.1. The molecule has 0 saturated heterocycles. The van der Waals surface area contributed by atoms with Crippen LogP contribution in [0.15, 0.2) is 0 Å². The Kier molecular flexibility index (Phi) is 7.45. The van der Waals surface area contributed by atoms with Gasteiger partial charge in [0.2, 0.25) is 0 Å². The van der Waals surface area contributed by atoms with Gasteiger partial charge in [0.05, 0.1) is 6.42 Å². The fourth-order valence-corrected chi connectivity index (χ4v) is 1.23. The lowest BCUT2D eigenvalue weighted by Crippen LogP contribution is -2.47. The summed E-state index contributed by atoms with van der Waals surface area (Å²) in [5.41, 5.74) is 0. The summed E-state index contributed by atoms with van der Waals surface area (Å²) in [6.07, 6.45) is 0.0719. The molecular formula is C10H19N3O5. The summed E-state index contributed by atoms with van der Waals surface area (Å²) in [6.45, 7) is 1.18. The summed E-state index contributed by atoms with van der Waals surface area (Å²) in [6, 6.07) is -2.01. The number of hydrogen-bond donors (Lipinski definition) is 4. The number of rotatable bonds is 8. The summed E-state index contributed by atoms with van der Waals surface area (Å²) in [4.78, 5) is 34.1. The topological polar surface area (TPSA) is 119 Å². The first-order valence-corrected chi connectivity index (χ1v) is 5.49. The molecule has 0 heterocycles. The second-order valence-corrected chi connectivity index (χ2v) is 3.82. The number of nitrogens with zero attached hydrogens (tertiary/aromatic N) is 1. The van der Waals surface area contributed by atoms with Crippen molar-refractivity contribution in [1.82, 2.24) is 15.5 Å². The minimum atomic E-state index is -1.42. The third kappa shape index (κ3) is 6.69. The van der Waals surface area contributed by atoms with Gasteiger partial charge in [0.1, 0.15) is 6.04 Å². The van der Waals surface area contributed by atoms with Crippen molar-refractivity contribution in [2.24, 2.45) is 0 Å². The quantitative estimate of drug-likeness (QED) is 0.423. The van der Waals surface area contributed by atoms with Crippen LogP contribution in [0.4, 0.5) is 4.79 Å². The van der Waals surface area contributed by atoms with Gasteiger partial charge in [-0.05, 0) is 20.0 Å². The van der Waals surface area contributed by atoms with Crippen LogP contribution in [0.25, 0.3) is 0 Å². The number of carboxylic acids is 2. The van der Waals surface area contributed by atoms with Gasteiger partial charge in [0, 0.05) is 13.6 Å². The first-order valence-electron chi connectivity index (χ1n) is 5.49. The molecule has 0 aromatic carbocycles. The molecule has 0 aromatic heterocycles. The molecule has 0 radical (unpaired) electrons. The van der Waals surface area contributed by atoms with Crippen LogP contribution in [0, 0.1) is 0 Å². The van der Waals surface area contributed by atoms with Crippen LogP contribution in [0.3, 0.4) is 0 Å². The van der Waals surface area contributed by atoms with Crippen molar-refractivity contribution in [2.75, 3.05) is 27.2 Å². The number of hydrogen-bond acceptors (Lipinski definition) is 4. The SMILES string of the molecule is CNCCCN(C)C(=O)N[C@@H](CC(=O)O)C(=O)O. The Bertz CT molecular complexity index is 308. The summed E-state index contributed by atoms with van der Waals surface area (Å²) in [5.74, 6) is -2.64. The Morgan fingerprint density at radius 2 is 1.89 bits per heavy atom. The molecule has 18 heavy (non-hydrogen) atoms. The van der Waals surface area contributed by atoms with Crippen LogP contribution in [-0.4, -0.2) is 66.3 Å². The van der Waals surface area contributed by atoms with Gasteiger partial charge in [-0.25, -0.2) is 9.59 Å². The lowest BCUT2D eigenvalue weighted by Gasteiger charge is -2.20. The van der Waals surface area contributed by atoms with Crippen LogP contribution < -0.4 is 10.6 Å². The van der Waals surface area contributed by atoms with E-state index in [0.29, 0.717) is 6.54 Å². The fourth-order valence-electron chi connectivity index (χ4n) is 1.23. The highest BCUT2D eigenvalue weighted by Gasteiger charge is 2.24. The lowest BCUT2D eigenvalue weighted by atomic mass is 10.2. The van der Waals surface area contributed by atoms with Gasteiger partial charge in [-0.3, -0.25) is 4.79 Å². The molecule has 0 saturated carbocycles. The van der Waals surface area contributed by atoms with Crippen molar-refractivity contribution in [1.29, 1.82) is 0 Å². The number of carboxylic acid groups (broad SMARTS) is 2. The summed E-state index contributed by atoms with van der Waals surface area (Å²) in [7, 11) is 3.30. The number of urea groups is 1. The van der Waals surface area contributed by atoms with Crippen LogP contribution in [-0.2, 0) is 9.59 Å². The number of carbonyl (C=O) groups excluding carboxylic acids is 1. The first kappa shape index (κ1) is 16.2. The summed E-state index contributed by atoms with van der Waals surface area (Å²) >= 11 is 0. The molecule has 0 aliphatic heterocycles. The van der Waals surface area contributed by atoms with Crippen LogP contribution in [0.2, 0.25) is 0 Å². The average molecular weight is 261 g/mol. The molecular weight excluding hydrogens is 242 g/mol. The Morgan fingerprint density at radius 1 is 1.28 bits per heavy atom. The third-order valence-corrected chi connectivity index (χ3v) is 2.24. The van der Waals surface area contributed by atoms with E-state index in [0.717, 1.165) is 13.0 Å². The molecule has 0 aliphatic rings. The van der Waals surface area contributed by atoms with Gasteiger partial charge in [0.25, 0.3) is 0 Å². The van der Waals surface area contributed by atoms with E-state index in [2.05, 4.69) is 10.6 Å². The molecule has 8 nitrogen and oxygen atoms in total. The van der Waals surface area contributed by atoms with E-state index in [1.165, 1.54) is 11.9 Å². The predicted molar refractivity (Wildman–Crippen MR) is 63.4 cm³/mol. The predicted octanol–water partition coefficient (Wildman–Crippen LogP) is -0.835. The maximum Gasteiger partial charge on any atom is 0.326 e. The van der Waals surface area contributed by atoms with Gasteiger partial charge in [0.15, 0.2) is 0 Å². The molecule has 0 fully saturated rings. The largest absolute Gasteiger partial charge is 0.481 e. The second kappa shape index (κ2) is 8.29. The number of carbonyl (C=O) groups is 3. The number of nitrogens with one attached hydrogen (secondary N) is 2. The number of amides is 2. The smallest absolute Gasteiger partial charge is 0.326 e. The van der Waals surface area contributed by atoms with E-state index in [9.17, 15) is 14.4 Å². The summed E-state index contributed by atoms with van der Waals surface area (Å²) in [5, 5.41) is 22.4. The molecule has 0 aromatic rings. The lowest BCUT2D eigenvalue weighted by molar-refractivity contribution is -0.145. The monoisotopic (exact) mass is 261 g/mol. The molecule has 8 heteroatoms. The van der Waals surface area contributed by atoms with Gasteiger partial charge in [-0.2, -0.15) is 0 Å². The van der Waals surface area contributed by atoms with E-state index >= 15 is 0 Å². The molecule has 0 bridgehead atoms. The molecule has 0 aliphatic carbocycles. The maximum atomic E-state index is 11.6. The van der Waals surface area contributed by atoms with Crippen molar-refractivity contribution < 1.29 is 24.6 Å². The van der Waals surface area contributed by atoms with Crippen molar-refractivity contribution in [3.63, 3.8) is 0 Å². The molecule has 2 amide bonds. The van der Waals surface area contributed by atoms with Crippen LogP contribution >= 0.6 is 0 Å². The van der Waals surface area contributed by atoms with E-state index in [-0.39, 0.29) is 0 Å². The fraction of sp³-hybridized carbons (Fsp3) is 0.700. The summed E-state index contributed by atoms with van der Waals surface area (Å²) < 4.78 is 0. The average Bonchev–Trinajstić information content (AvgIpc) is 2.27. The highest BCUT2D eigenvalue weighted by atomic mass is 16.4. The zero-order valence-electron chi connectivity index (χ0n) is 10.5. The highest BCUT2D eigenvalue weighted by molar-refractivity contribution is 5.86. The zero-order valence-corrected chi connectivity index (χ0v) is 10.5. The highest BCUT2D eigenvalue weighted by Crippen LogP contribution is 1.96. The second-order valence-electron chi connectivity index (χ2n) is 3.82. The van der Waals surface area contributed by atoms with Crippen molar-refractivity contribution in [3.8, 4) is 0 Å². The number of aliphatic carboxylic acids is 2. The van der Waals surface area contributed by atoms with E-state index in [4.69, 9.17) is 10.2 Å². The normalized spacial score (nSPS) is 11.7. The molecule has 1 atom stereocenters. The Morgan fingerprint density at radius 3 is 2.33 bits per heavy atom. The molecule has 4 N–H and O–H groups in total. The van der Waals surface area contributed by atoms with E-state index in [1.807, 2.05) is 0 Å². The van der Waals surface area contributed by atoms with Gasteiger partial charge in [-0.15, -0.1) is 0 Å². The third-order valence-electron chi connectivity index (χ3n) is 2.24. The van der Waals surface area contributed by atoms with Crippen molar-refractivity contribution in [2.45, 2.75) is 18.9 Å². The molecule has 0 spiro atoms. The van der Waals surface area contributed by atoms with Gasteiger partial charge >= 0.3 is 18.0 Å². The Labute approximate surface area is 105 Å². The van der Waals surface area contributed by atoms with Gasteiger partial charge < -0.3 is 25.7 Å². The van der Waals surface area contributed by atoms with Crippen LogP contribution in [0.5, 0.6) is 0 Å². The van der Waals surface area contributed by atoms with Crippen molar-refractivity contribution >= 4 is 18.0 Å². The molecule has 104 valence electrons. The minimum Gasteiger partial charge on any atom is -0.481 e. The van der Waals surface area contributed by atoms with Gasteiger partial charge in [-0.1, -0.05) is 0 Å². The minimum absolute atomic E-state index is 0.450. The Balaban J connectivity index is 4.23. The molecule has 0 rings (SSSR count). The standard InChI is InChI=1S/C10H19N3O5/c1-11-4-3-5-13(2)10(18)12-7(9(16)17)6-8(14)15/h7,11H,3-6H2,1-2H3,(H,12,18)(H,14,15)(H,16,17)/t7-/m0/s1. The van der Waals surface area contributed by atoms with Crippen LogP contribution in [0.1, 0.15) is 12.8 Å². The maximum absolute atomic E-state index is 11.6. The van der Waals surface area contributed by atoms with E-state index < -0.39 is 30.4 Å². The molecule has 0 unspecified atom stereocenters. The van der Waals surface area contributed by atoms with E-state index in [1.54, 1.807) is 7.05 Å².